The minimum atomic E-state index is -0.237. The molecule has 2 aromatic carbocycles. The number of hydrogen-bond acceptors (Lipinski definition) is 3. The van der Waals surface area contributed by atoms with E-state index < -0.39 is 0 Å². The molecule has 0 fully saturated rings. The van der Waals surface area contributed by atoms with E-state index in [2.05, 4.69) is 15.6 Å². The molecule has 0 bridgehead atoms. The summed E-state index contributed by atoms with van der Waals surface area (Å²) < 4.78 is 1.57. The van der Waals surface area contributed by atoms with Crippen LogP contribution in [0.4, 0.5) is 5.69 Å². The molecule has 23 heavy (non-hydrogen) atoms. The molecule has 118 valence electrons. The Kier molecular flexibility index (Phi) is 4.24. The van der Waals surface area contributed by atoms with Gasteiger partial charge in [0.2, 0.25) is 5.91 Å². The van der Waals surface area contributed by atoms with Crippen LogP contribution in [-0.2, 0) is 11.3 Å². The van der Waals surface area contributed by atoms with Gasteiger partial charge >= 0.3 is 0 Å². The molecule has 0 saturated heterocycles. The molecule has 0 saturated carbocycles. The van der Waals surface area contributed by atoms with E-state index >= 15 is 0 Å². The topological polar surface area (TPSA) is 59.8 Å². The molecule has 1 N–H and O–H groups in total. The first-order chi connectivity index (χ1) is 10.9. The van der Waals surface area contributed by atoms with Crippen molar-refractivity contribution in [2.45, 2.75) is 20.4 Å². The summed E-state index contributed by atoms with van der Waals surface area (Å²) in [6, 6.07) is 8.85. The summed E-state index contributed by atoms with van der Waals surface area (Å²) in [6.07, 6.45) is 0. The lowest BCUT2D eigenvalue weighted by molar-refractivity contribution is -0.116. The van der Waals surface area contributed by atoms with Crippen LogP contribution in [0.15, 0.2) is 30.3 Å². The number of benzene rings is 2. The Hall–Kier alpha value is -2.11. The normalized spacial score (nSPS) is 11.0. The van der Waals surface area contributed by atoms with Crippen molar-refractivity contribution in [3.63, 3.8) is 0 Å². The Morgan fingerprint density at radius 2 is 1.91 bits per heavy atom. The third-order valence-corrected chi connectivity index (χ3v) is 4.18. The summed E-state index contributed by atoms with van der Waals surface area (Å²) in [6.45, 7) is 4.08. The van der Waals surface area contributed by atoms with Crippen molar-refractivity contribution in [1.82, 2.24) is 15.0 Å². The molecule has 0 radical (unpaired) electrons. The number of rotatable bonds is 3. The quantitative estimate of drug-likeness (QED) is 0.778. The van der Waals surface area contributed by atoms with Gasteiger partial charge in [-0.15, -0.1) is 5.10 Å². The van der Waals surface area contributed by atoms with Gasteiger partial charge in [-0.3, -0.25) is 4.79 Å². The van der Waals surface area contributed by atoms with Gasteiger partial charge in [-0.1, -0.05) is 28.4 Å². The Bertz CT molecular complexity index is 904. The van der Waals surface area contributed by atoms with Crippen LogP contribution in [0.3, 0.4) is 0 Å². The third-order valence-electron chi connectivity index (χ3n) is 3.63. The molecule has 3 rings (SSSR count). The van der Waals surface area contributed by atoms with Gasteiger partial charge in [-0.25, -0.2) is 4.68 Å². The SMILES string of the molecule is Cc1cc2nnn(CC(=O)Nc3ccc(Cl)cc3Cl)c2cc1C. The standard InChI is InChI=1S/C16H14Cl2N4O/c1-9-5-14-15(6-10(9)2)22(21-20-14)8-16(23)19-13-4-3-11(17)7-12(13)18/h3-7H,8H2,1-2H3,(H,19,23). The highest BCUT2D eigenvalue weighted by Gasteiger charge is 2.12. The van der Waals surface area contributed by atoms with Crippen LogP contribution in [-0.4, -0.2) is 20.9 Å². The number of amides is 1. The molecule has 1 heterocycles. The van der Waals surface area contributed by atoms with Crippen LogP contribution in [0.2, 0.25) is 10.0 Å². The van der Waals surface area contributed by atoms with Gasteiger partial charge < -0.3 is 5.32 Å². The van der Waals surface area contributed by atoms with Crippen molar-refractivity contribution in [3.8, 4) is 0 Å². The highest BCUT2D eigenvalue weighted by Crippen LogP contribution is 2.25. The minimum absolute atomic E-state index is 0.0535. The Balaban J connectivity index is 1.81. The predicted octanol–water partition coefficient (Wildman–Crippen LogP) is 3.99. The zero-order chi connectivity index (χ0) is 16.6. The lowest BCUT2D eigenvalue weighted by Crippen LogP contribution is -2.19. The minimum Gasteiger partial charge on any atom is -0.323 e. The summed E-state index contributed by atoms with van der Waals surface area (Å²) in [7, 11) is 0. The van der Waals surface area contributed by atoms with Crippen molar-refractivity contribution in [1.29, 1.82) is 0 Å². The number of aryl methyl sites for hydroxylation is 2. The van der Waals surface area contributed by atoms with Gasteiger partial charge in [-0.05, 0) is 55.3 Å². The lowest BCUT2D eigenvalue weighted by Gasteiger charge is -2.08. The fourth-order valence-electron chi connectivity index (χ4n) is 2.26. The molecular formula is C16H14Cl2N4O. The molecular weight excluding hydrogens is 335 g/mol. The van der Waals surface area contributed by atoms with Crippen molar-refractivity contribution in [3.05, 3.63) is 51.5 Å². The van der Waals surface area contributed by atoms with Crippen molar-refractivity contribution in [2.24, 2.45) is 0 Å². The van der Waals surface area contributed by atoms with E-state index in [1.54, 1.807) is 22.9 Å². The van der Waals surface area contributed by atoms with Crippen molar-refractivity contribution < 1.29 is 4.79 Å². The smallest absolute Gasteiger partial charge is 0.246 e. The van der Waals surface area contributed by atoms with E-state index in [1.165, 1.54) is 0 Å². The van der Waals surface area contributed by atoms with E-state index in [9.17, 15) is 4.79 Å². The molecule has 0 aliphatic carbocycles. The zero-order valence-corrected chi connectivity index (χ0v) is 14.1. The second kappa shape index (κ2) is 6.18. The largest absolute Gasteiger partial charge is 0.323 e. The third kappa shape index (κ3) is 3.30. The van der Waals surface area contributed by atoms with E-state index in [4.69, 9.17) is 23.2 Å². The van der Waals surface area contributed by atoms with Gasteiger partial charge in [0.25, 0.3) is 0 Å². The Labute approximate surface area is 143 Å². The molecule has 1 amide bonds. The Morgan fingerprint density at radius 1 is 1.17 bits per heavy atom. The van der Waals surface area contributed by atoms with E-state index in [0.717, 1.165) is 22.2 Å². The molecule has 0 spiro atoms. The Morgan fingerprint density at radius 3 is 2.65 bits per heavy atom. The van der Waals surface area contributed by atoms with Crippen LogP contribution >= 0.6 is 23.2 Å². The number of nitrogens with one attached hydrogen (secondary N) is 1. The highest BCUT2D eigenvalue weighted by molar-refractivity contribution is 6.36. The molecule has 7 heteroatoms. The lowest BCUT2D eigenvalue weighted by atomic mass is 10.1. The van der Waals surface area contributed by atoms with Gasteiger partial charge in [0.15, 0.2) is 0 Å². The number of aromatic nitrogens is 3. The average Bonchev–Trinajstić information content (AvgIpc) is 2.85. The van der Waals surface area contributed by atoms with Crippen LogP contribution in [0.5, 0.6) is 0 Å². The van der Waals surface area contributed by atoms with Gasteiger partial charge in [0.05, 0.1) is 16.2 Å². The number of fused-ring (bicyclic) bond motifs is 1. The maximum absolute atomic E-state index is 12.2. The van der Waals surface area contributed by atoms with Crippen molar-refractivity contribution in [2.75, 3.05) is 5.32 Å². The summed E-state index contributed by atoms with van der Waals surface area (Å²) in [4.78, 5) is 12.2. The number of carbonyl (C=O) groups is 1. The first kappa shape index (κ1) is 15.8. The summed E-state index contributed by atoms with van der Waals surface area (Å²) in [5.41, 5.74) is 4.37. The number of hydrogen-bond donors (Lipinski definition) is 1. The van der Waals surface area contributed by atoms with Crippen LogP contribution in [0.25, 0.3) is 11.0 Å². The number of nitrogens with zero attached hydrogens (tertiary/aromatic N) is 3. The second-order valence-electron chi connectivity index (χ2n) is 5.34. The van der Waals surface area contributed by atoms with E-state index in [1.807, 2.05) is 26.0 Å². The molecule has 0 aliphatic heterocycles. The maximum Gasteiger partial charge on any atom is 0.246 e. The molecule has 1 aromatic heterocycles. The fourth-order valence-corrected chi connectivity index (χ4v) is 2.71. The first-order valence-corrected chi connectivity index (χ1v) is 7.75. The number of carbonyl (C=O) groups excluding carboxylic acids is 1. The van der Waals surface area contributed by atoms with Crippen LogP contribution in [0, 0.1) is 13.8 Å². The van der Waals surface area contributed by atoms with Gasteiger partial charge in [0.1, 0.15) is 12.1 Å². The average molecular weight is 349 g/mol. The summed E-state index contributed by atoms with van der Waals surface area (Å²) in [5.74, 6) is -0.237. The summed E-state index contributed by atoms with van der Waals surface area (Å²) >= 11 is 11.9. The number of anilines is 1. The van der Waals surface area contributed by atoms with Crippen LogP contribution in [0.1, 0.15) is 11.1 Å². The molecule has 0 aliphatic rings. The first-order valence-electron chi connectivity index (χ1n) is 6.99. The number of halogens is 2. The second-order valence-corrected chi connectivity index (χ2v) is 6.19. The molecule has 5 nitrogen and oxygen atoms in total. The fraction of sp³-hybridized carbons (Fsp3) is 0.188. The molecule has 0 unspecified atom stereocenters. The van der Waals surface area contributed by atoms with Crippen molar-refractivity contribution >= 4 is 45.8 Å². The maximum atomic E-state index is 12.2. The van der Waals surface area contributed by atoms with Gasteiger partial charge in [0, 0.05) is 5.02 Å². The van der Waals surface area contributed by atoms with Gasteiger partial charge in [-0.2, -0.15) is 0 Å². The molecule has 3 aromatic rings. The van der Waals surface area contributed by atoms with E-state index in [0.29, 0.717) is 15.7 Å². The zero-order valence-electron chi connectivity index (χ0n) is 12.6. The predicted molar refractivity (Wildman–Crippen MR) is 92.1 cm³/mol. The summed E-state index contributed by atoms with van der Waals surface area (Å²) in [5, 5.41) is 11.8. The van der Waals surface area contributed by atoms with E-state index in [-0.39, 0.29) is 12.5 Å². The molecule has 0 atom stereocenters. The van der Waals surface area contributed by atoms with Crippen LogP contribution < -0.4 is 5.32 Å². The highest BCUT2D eigenvalue weighted by atomic mass is 35.5. The monoisotopic (exact) mass is 348 g/mol.